The zero-order valence-corrected chi connectivity index (χ0v) is 21.5. The van der Waals surface area contributed by atoms with E-state index in [4.69, 9.17) is 9.72 Å². The van der Waals surface area contributed by atoms with Gasteiger partial charge in [0.2, 0.25) is 0 Å². The zero-order valence-electron chi connectivity index (χ0n) is 21.5. The SMILES string of the molecule is CN(C(=O)COC(=O)c1c2c(nc3ccccc13)/C(=C\c1cccc([N+](=O)[O-])c1)CCC2)C1CCCCC1. The van der Waals surface area contributed by atoms with E-state index in [1.54, 1.807) is 18.0 Å². The molecule has 196 valence electrons. The standard InChI is InChI=1S/C30H31N3O5/c1-32(22-11-3-2-4-12-22)27(34)19-38-30(35)28-24-14-5-6-16-26(24)31-29-21(10-8-15-25(28)29)17-20-9-7-13-23(18-20)33(36)37/h5-7,9,13-14,16-18,22H,2-4,8,10-12,15,19H2,1H3/b21-17-. The summed E-state index contributed by atoms with van der Waals surface area (Å²) in [6.07, 6.45) is 9.50. The first kappa shape index (κ1) is 25.6. The summed E-state index contributed by atoms with van der Waals surface area (Å²) in [6.45, 7) is -0.298. The lowest BCUT2D eigenvalue weighted by atomic mass is 9.86. The highest BCUT2D eigenvalue weighted by Gasteiger charge is 2.28. The lowest BCUT2D eigenvalue weighted by Crippen LogP contribution is -2.40. The molecule has 0 bridgehead atoms. The topological polar surface area (TPSA) is 103 Å². The maximum Gasteiger partial charge on any atom is 0.339 e. The fourth-order valence-corrected chi connectivity index (χ4v) is 5.61. The van der Waals surface area contributed by atoms with Gasteiger partial charge in [0.1, 0.15) is 0 Å². The number of amides is 1. The number of hydrogen-bond donors (Lipinski definition) is 0. The number of non-ortho nitro benzene ring substituents is 1. The maximum absolute atomic E-state index is 13.5. The third-order valence-electron chi connectivity index (χ3n) is 7.64. The van der Waals surface area contributed by atoms with Crippen molar-refractivity contribution >= 4 is 40.1 Å². The Bertz CT molecular complexity index is 1420. The number of hydrogen-bond acceptors (Lipinski definition) is 6. The third kappa shape index (κ3) is 5.30. The van der Waals surface area contributed by atoms with Crippen molar-refractivity contribution in [2.24, 2.45) is 0 Å². The highest BCUT2D eigenvalue weighted by atomic mass is 16.6. The number of allylic oxidation sites excluding steroid dienone is 1. The minimum Gasteiger partial charge on any atom is -0.452 e. The first-order chi connectivity index (χ1) is 18.4. The molecule has 0 N–H and O–H groups in total. The number of nitro benzene ring substituents is 1. The molecule has 1 amide bonds. The van der Waals surface area contributed by atoms with Crippen LogP contribution >= 0.6 is 0 Å². The number of ether oxygens (including phenoxy) is 1. The van der Waals surface area contributed by atoms with E-state index in [0.29, 0.717) is 34.1 Å². The number of nitro groups is 1. The predicted octanol–water partition coefficient (Wildman–Crippen LogP) is 5.97. The van der Waals surface area contributed by atoms with Crippen LogP contribution in [0.1, 0.15) is 72.1 Å². The molecular weight excluding hydrogens is 482 g/mol. The number of nitrogens with zero attached hydrogens (tertiary/aromatic N) is 3. The lowest BCUT2D eigenvalue weighted by molar-refractivity contribution is -0.384. The average molecular weight is 514 g/mol. The van der Waals surface area contributed by atoms with Gasteiger partial charge in [-0.05, 0) is 60.9 Å². The van der Waals surface area contributed by atoms with E-state index in [-0.39, 0.29) is 24.2 Å². The molecule has 2 aliphatic rings. The van der Waals surface area contributed by atoms with E-state index >= 15 is 0 Å². The molecule has 3 aromatic rings. The van der Waals surface area contributed by atoms with Crippen molar-refractivity contribution in [1.29, 1.82) is 0 Å². The Morgan fingerprint density at radius 3 is 2.66 bits per heavy atom. The molecule has 8 nitrogen and oxygen atoms in total. The highest BCUT2D eigenvalue weighted by Crippen LogP contribution is 2.36. The van der Waals surface area contributed by atoms with Crippen molar-refractivity contribution in [2.75, 3.05) is 13.7 Å². The van der Waals surface area contributed by atoms with E-state index in [9.17, 15) is 19.7 Å². The van der Waals surface area contributed by atoms with E-state index in [1.165, 1.54) is 18.6 Å². The molecule has 1 aromatic heterocycles. The minimum absolute atomic E-state index is 0.0222. The second-order valence-corrected chi connectivity index (χ2v) is 10.1. The number of carbonyl (C=O) groups excluding carboxylic acids is 2. The van der Waals surface area contributed by atoms with Gasteiger partial charge in [-0.3, -0.25) is 14.9 Å². The van der Waals surface area contributed by atoms with E-state index in [0.717, 1.165) is 49.7 Å². The summed E-state index contributed by atoms with van der Waals surface area (Å²) in [5.74, 6) is -0.717. The predicted molar refractivity (Wildman–Crippen MR) is 146 cm³/mol. The maximum atomic E-state index is 13.5. The Kier molecular flexibility index (Phi) is 7.49. The van der Waals surface area contributed by atoms with Crippen LogP contribution in [0.3, 0.4) is 0 Å². The van der Waals surface area contributed by atoms with Crippen LogP contribution in [-0.2, 0) is 16.0 Å². The summed E-state index contributed by atoms with van der Waals surface area (Å²) in [6, 6.07) is 14.1. The number of aromatic nitrogens is 1. The number of para-hydroxylation sites is 1. The first-order valence-electron chi connectivity index (χ1n) is 13.2. The second kappa shape index (κ2) is 11.1. The van der Waals surface area contributed by atoms with Gasteiger partial charge >= 0.3 is 5.97 Å². The van der Waals surface area contributed by atoms with Crippen LogP contribution in [-0.4, -0.2) is 46.4 Å². The van der Waals surface area contributed by atoms with Gasteiger partial charge in [0.25, 0.3) is 11.6 Å². The Morgan fingerprint density at radius 2 is 1.87 bits per heavy atom. The Balaban J connectivity index is 1.46. The minimum atomic E-state index is -0.526. The largest absolute Gasteiger partial charge is 0.452 e. The fourth-order valence-electron chi connectivity index (χ4n) is 5.61. The Labute approximate surface area is 221 Å². The molecule has 1 fully saturated rings. The van der Waals surface area contributed by atoms with Gasteiger partial charge in [-0.15, -0.1) is 0 Å². The number of rotatable bonds is 6. The van der Waals surface area contributed by atoms with Gasteiger partial charge in [-0.1, -0.05) is 49.6 Å². The van der Waals surface area contributed by atoms with Crippen LogP contribution in [0.5, 0.6) is 0 Å². The van der Waals surface area contributed by atoms with E-state index < -0.39 is 10.9 Å². The van der Waals surface area contributed by atoms with Crippen molar-refractivity contribution < 1.29 is 19.2 Å². The smallest absolute Gasteiger partial charge is 0.339 e. The van der Waals surface area contributed by atoms with Crippen LogP contribution in [0.25, 0.3) is 22.6 Å². The van der Waals surface area contributed by atoms with Crippen LogP contribution in [0.2, 0.25) is 0 Å². The normalized spacial score (nSPS) is 16.7. The van der Waals surface area contributed by atoms with E-state index in [2.05, 4.69) is 0 Å². The van der Waals surface area contributed by atoms with Gasteiger partial charge in [-0.2, -0.15) is 0 Å². The summed E-state index contributed by atoms with van der Waals surface area (Å²) in [5, 5.41) is 11.9. The van der Waals surface area contributed by atoms with Crippen molar-refractivity contribution in [3.05, 3.63) is 81.0 Å². The van der Waals surface area contributed by atoms with Crippen molar-refractivity contribution in [3.63, 3.8) is 0 Å². The van der Waals surface area contributed by atoms with Gasteiger partial charge in [0.15, 0.2) is 6.61 Å². The Morgan fingerprint density at radius 1 is 1.08 bits per heavy atom. The quantitative estimate of drug-likeness (QED) is 0.229. The molecule has 0 spiro atoms. The molecule has 38 heavy (non-hydrogen) atoms. The van der Waals surface area contributed by atoms with Crippen molar-refractivity contribution in [3.8, 4) is 0 Å². The van der Waals surface area contributed by atoms with Crippen molar-refractivity contribution in [1.82, 2.24) is 9.88 Å². The molecule has 8 heteroatoms. The van der Waals surface area contributed by atoms with Crippen LogP contribution in [0.15, 0.2) is 48.5 Å². The molecule has 1 saturated carbocycles. The summed E-state index contributed by atoms with van der Waals surface area (Å²) in [4.78, 5) is 43.8. The molecule has 0 aliphatic heterocycles. The van der Waals surface area contributed by atoms with Crippen LogP contribution in [0, 0.1) is 10.1 Å². The summed E-state index contributed by atoms with van der Waals surface area (Å²) in [7, 11) is 1.79. The van der Waals surface area contributed by atoms with Gasteiger partial charge in [0.05, 0.1) is 21.7 Å². The molecule has 1 heterocycles. The number of carbonyl (C=O) groups is 2. The number of likely N-dealkylation sites (N-methyl/N-ethyl adjacent to an activating group) is 1. The second-order valence-electron chi connectivity index (χ2n) is 10.1. The van der Waals surface area contributed by atoms with Gasteiger partial charge in [0, 0.05) is 30.6 Å². The molecule has 0 unspecified atom stereocenters. The lowest BCUT2D eigenvalue weighted by Gasteiger charge is -2.31. The number of pyridine rings is 1. The molecule has 0 radical (unpaired) electrons. The first-order valence-corrected chi connectivity index (χ1v) is 13.2. The molecule has 0 atom stereocenters. The van der Waals surface area contributed by atoms with Crippen LogP contribution in [0.4, 0.5) is 5.69 Å². The van der Waals surface area contributed by atoms with Crippen LogP contribution < -0.4 is 0 Å². The Hall–Kier alpha value is -4.07. The van der Waals surface area contributed by atoms with Gasteiger partial charge in [-0.25, -0.2) is 9.78 Å². The zero-order chi connectivity index (χ0) is 26.6. The number of fused-ring (bicyclic) bond motifs is 2. The summed E-state index contributed by atoms with van der Waals surface area (Å²) < 4.78 is 5.62. The third-order valence-corrected chi connectivity index (χ3v) is 7.64. The molecule has 2 aliphatic carbocycles. The fraction of sp³-hybridized carbons (Fsp3) is 0.367. The summed E-state index contributed by atoms with van der Waals surface area (Å²) >= 11 is 0. The monoisotopic (exact) mass is 513 g/mol. The highest BCUT2D eigenvalue weighted by molar-refractivity contribution is 6.07. The molecule has 0 saturated heterocycles. The summed E-state index contributed by atoms with van der Waals surface area (Å²) in [5.41, 5.74) is 4.26. The van der Waals surface area contributed by atoms with Crippen molar-refractivity contribution in [2.45, 2.75) is 57.4 Å². The molecular formula is C30H31N3O5. The molecule has 2 aromatic carbocycles. The van der Waals surface area contributed by atoms with E-state index in [1.807, 2.05) is 36.4 Å². The molecule has 5 rings (SSSR count). The number of esters is 1. The van der Waals surface area contributed by atoms with Gasteiger partial charge < -0.3 is 9.64 Å². The average Bonchev–Trinajstić information content (AvgIpc) is 2.95. The number of benzene rings is 2.